The van der Waals surface area contributed by atoms with Crippen LogP contribution in [0.2, 0.25) is 0 Å². The van der Waals surface area contributed by atoms with Crippen molar-refractivity contribution in [3.8, 4) is 0 Å². The summed E-state index contributed by atoms with van der Waals surface area (Å²) >= 11 is 0. The second-order valence-electron chi connectivity index (χ2n) is 5.93. The normalized spacial score (nSPS) is 13.2. The van der Waals surface area contributed by atoms with Crippen LogP contribution in [-0.4, -0.2) is 11.1 Å². The summed E-state index contributed by atoms with van der Waals surface area (Å²) in [4.78, 5) is 12.1. The fourth-order valence-electron chi connectivity index (χ4n) is 3.20. The van der Waals surface area contributed by atoms with E-state index in [2.05, 4.69) is 12.1 Å². The molecule has 0 spiro atoms. The van der Waals surface area contributed by atoms with E-state index in [4.69, 9.17) is 0 Å². The first-order valence-corrected chi connectivity index (χ1v) is 8.12. The third-order valence-corrected chi connectivity index (χ3v) is 4.35. The molecule has 2 heteroatoms. The Balaban J connectivity index is 2.03. The Kier molecular flexibility index (Phi) is 5.07. The second-order valence-corrected chi connectivity index (χ2v) is 5.93. The van der Waals surface area contributed by atoms with Crippen LogP contribution in [0.5, 0.6) is 0 Å². The molecule has 0 radical (unpaired) electrons. The highest BCUT2D eigenvalue weighted by Gasteiger charge is 2.31. The number of carbonyl (C=O) groups is 1. The van der Waals surface area contributed by atoms with Gasteiger partial charge in [-0.1, -0.05) is 91.0 Å². The number of aliphatic carboxylic acids is 1. The second kappa shape index (κ2) is 7.60. The standard InChI is InChI=1S/C22H20O2/c23-22(24)21(19-14-8-3-9-15-19)20(18-12-6-2-7-13-18)16-17-10-4-1-5-11-17/h1-15,20-21H,16H2,(H,23,24)/t20-,21+/m0/s1. The molecule has 0 unspecified atom stereocenters. The summed E-state index contributed by atoms with van der Waals surface area (Å²) in [5, 5.41) is 9.94. The zero-order chi connectivity index (χ0) is 16.8. The van der Waals surface area contributed by atoms with E-state index in [9.17, 15) is 9.90 Å². The summed E-state index contributed by atoms with van der Waals surface area (Å²) in [6.07, 6.45) is 0.691. The van der Waals surface area contributed by atoms with Gasteiger partial charge in [0.25, 0.3) is 0 Å². The Hall–Kier alpha value is -2.87. The maximum Gasteiger partial charge on any atom is 0.311 e. The highest BCUT2D eigenvalue weighted by molar-refractivity contribution is 5.77. The van der Waals surface area contributed by atoms with Crippen LogP contribution in [0.4, 0.5) is 0 Å². The summed E-state index contributed by atoms with van der Waals surface area (Å²) in [6, 6.07) is 29.5. The van der Waals surface area contributed by atoms with Crippen molar-refractivity contribution in [2.45, 2.75) is 18.3 Å². The summed E-state index contributed by atoms with van der Waals surface area (Å²) in [5.41, 5.74) is 3.04. The van der Waals surface area contributed by atoms with E-state index in [0.717, 1.165) is 16.7 Å². The van der Waals surface area contributed by atoms with E-state index in [-0.39, 0.29) is 5.92 Å². The van der Waals surface area contributed by atoms with Gasteiger partial charge in [-0.2, -0.15) is 0 Å². The largest absolute Gasteiger partial charge is 0.481 e. The van der Waals surface area contributed by atoms with Gasteiger partial charge in [-0.05, 0) is 23.1 Å². The highest BCUT2D eigenvalue weighted by Crippen LogP contribution is 2.36. The Morgan fingerprint density at radius 3 is 1.67 bits per heavy atom. The molecule has 2 atom stereocenters. The molecule has 0 amide bonds. The van der Waals surface area contributed by atoms with Crippen molar-refractivity contribution < 1.29 is 9.90 Å². The molecule has 3 aromatic carbocycles. The summed E-state index contributed by atoms with van der Waals surface area (Å²) in [5.74, 6) is -1.48. The SMILES string of the molecule is O=C(O)[C@H](c1ccccc1)[C@@H](Cc1ccccc1)c1ccccc1. The molecule has 24 heavy (non-hydrogen) atoms. The van der Waals surface area contributed by atoms with Crippen LogP contribution in [0.25, 0.3) is 0 Å². The van der Waals surface area contributed by atoms with Gasteiger partial charge in [0.05, 0.1) is 5.92 Å². The first-order chi connectivity index (χ1) is 11.8. The van der Waals surface area contributed by atoms with Crippen molar-refractivity contribution in [1.29, 1.82) is 0 Å². The van der Waals surface area contributed by atoms with Crippen LogP contribution in [0, 0.1) is 0 Å². The van der Waals surface area contributed by atoms with E-state index in [0.29, 0.717) is 6.42 Å². The predicted molar refractivity (Wildman–Crippen MR) is 96.1 cm³/mol. The van der Waals surface area contributed by atoms with Gasteiger partial charge >= 0.3 is 5.97 Å². The van der Waals surface area contributed by atoms with Crippen molar-refractivity contribution in [2.75, 3.05) is 0 Å². The topological polar surface area (TPSA) is 37.3 Å². The predicted octanol–water partition coefficient (Wildman–Crippen LogP) is 4.88. The average Bonchev–Trinajstić information content (AvgIpc) is 2.63. The molecule has 0 aromatic heterocycles. The van der Waals surface area contributed by atoms with Gasteiger partial charge in [-0.25, -0.2) is 0 Å². The molecule has 0 saturated carbocycles. The van der Waals surface area contributed by atoms with Crippen molar-refractivity contribution in [3.05, 3.63) is 108 Å². The molecule has 2 nitrogen and oxygen atoms in total. The minimum atomic E-state index is -0.786. The lowest BCUT2D eigenvalue weighted by molar-refractivity contribution is -0.139. The third-order valence-electron chi connectivity index (χ3n) is 4.35. The molecule has 0 aliphatic heterocycles. The maximum absolute atomic E-state index is 12.1. The smallest absolute Gasteiger partial charge is 0.311 e. The summed E-state index contributed by atoms with van der Waals surface area (Å²) in [6.45, 7) is 0. The Bertz CT molecular complexity index is 767. The molecule has 0 fully saturated rings. The van der Waals surface area contributed by atoms with Crippen LogP contribution < -0.4 is 0 Å². The van der Waals surface area contributed by atoms with E-state index in [1.165, 1.54) is 0 Å². The van der Waals surface area contributed by atoms with Gasteiger partial charge in [0.15, 0.2) is 0 Å². The van der Waals surface area contributed by atoms with Crippen LogP contribution in [0.15, 0.2) is 91.0 Å². The van der Waals surface area contributed by atoms with E-state index in [1.807, 2.05) is 78.9 Å². The highest BCUT2D eigenvalue weighted by atomic mass is 16.4. The van der Waals surface area contributed by atoms with Crippen LogP contribution in [0.1, 0.15) is 28.5 Å². The lowest BCUT2D eigenvalue weighted by Crippen LogP contribution is -2.22. The lowest BCUT2D eigenvalue weighted by Gasteiger charge is -2.25. The number of hydrogen-bond acceptors (Lipinski definition) is 1. The average molecular weight is 316 g/mol. The van der Waals surface area contributed by atoms with Gasteiger partial charge in [0.1, 0.15) is 0 Å². The van der Waals surface area contributed by atoms with E-state index in [1.54, 1.807) is 0 Å². The van der Waals surface area contributed by atoms with E-state index < -0.39 is 11.9 Å². The minimum Gasteiger partial charge on any atom is -0.481 e. The molecule has 1 N–H and O–H groups in total. The Morgan fingerprint density at radius 1 is 0.708 bits per heavy atom. The lowest BCUT2D eigenvalue weighted by atomic mass is 9.78. The minimum absolute atomic E-state index is 0.117. The van der Waals surface area contributed by atoms with Crippen LogP contribution in [0.3, 0.4) is 0 Å². The van der Waals surface area contributed by atoms with E-state index >= 15 is 0 Å². The fourth-order valence-corrected chi connectivity index (χ4v) is 3.20. The molecule has 0 bridgehead atoms. The first kappa shape index (κ1) is 16.0. The molecule has 0 aliphatic rings. The van der Waals surface area contributed by atoms with Crippen molar-refractivity contribution >= 4 is 5.97 Å². The zero-order valence-electron chi connectivity index (χ0n) is 13.4. The number of hydrogen-bond donors (Lipinski definition) is 1. The Morgan fingerprint density at radius 2 is 1.17 bits per heavy atom. The molecular weight excluding hydrogens is 296 g/mol. The Labute approximate surface area is 142 Å². The summed E-state index contributed by atoms with van der Waals surface area (Å²) in [7, 11) is 0. The van der Waals surface area contributed by atoms with Gasteiger partial charge in [-0.15, -0.1) is 0 Å². The molecule has 0 aliphatic carbocycles. The maximum atomic E-state index is 12.1. The van der Waals surface area contributed by atoms with Gasteiger partial charge in [0.2, 0.25) is 0 Å². The monoisotopic (exact) mass is 316 g/mol. The first-order valence-electron chi connectivity index (χ1n) is 8.12. The summed E-state index contributed by atoms with van der Waals surface area (Å²) < 4.78 is 0. The number of rotatable bonds is 6. The molecule has 120 valence electrons. The molecule has 3 rings (SSSR count). The molecule has 0 saturated heterocycles. The zero-order valence-corrected chi connectivity index (χ0v) is 13.4. The molecule has 0 heterocycles. The third kappa shape index (κ3) is 3.72. The fraction of sp³-hybridized carbons (Fsp3) is 0.136. The van der Waals surface area contributed by atoms with Crippen LogP contribution >= 0.6 is 0 Å². The van der Waals surface area contributed by atoms with Gasteiger partial charge in [0, 0.05) is 5.92 Å². The van der Waals surface area contributed by atoms with Gasteiger partial charge < -0.3 is 5.11 Å². The van der Waals surface area contributed by atoms with Gasteiger partial charge in [-0.3, -0.25) is 4.79 Å². The molecule has 3 aromatic rings. The molecular formula is C22H20O2. The van der Waals surface area contributed by atoms with Crippen molar-refractivity contribution in [3.63, 3.8) is 0 Å². The quantitative estimate of drug-likeness (QED) is 0.703. The number of carboxylic acid groups (broad SMARTS) is 1. The van der Waals surface area contributed by atoms with Crippen molar-refractivity contribution in [1.82, 2.24) is 0 Å². The van der Waals surface area contributed by atoms with Crippen LogP contribution in [-0.2, 0) is 11.2 Å². The number of carboxylic acids is 1. The van der Waals surface area contributed by atoms with Crippen molar-refractivity contribution in [2.24, 2.45) is 0 Å². The number of benzene rings is 3.